The molecule has 0 aliphatic heterocycles. The van der Waals surface area contributed by atoms with Gasteiger partial charge in [-0.25, -0.2) is 13.6 Å². The summed E-state index contributed by atoms with van der Waals surface area (Å²) in [5.41, 5.74) is 0.240. The summed E-state index contributed by atoms with van der Waals surface area (Å²) >= 11 is 0. The molecule has 0 atom stereocenters. The topological polar surface area (TPSA) is 26.3 Å². The number of halogens is 2. The van der Waals surface area contributed by atoms with Crippen molar-refractivity contribution in [3.05, 3.63) is 23.3 Å². The standard InChI is InChI=1S/C13H18F2O2/c1-9-10(5-6-11(16)17-4)12(2,3)7-8-13(9,14)15/h5-6H,7-8H2,1-4H3. The molecule has 1 rings (SSSR count). The summed E-state index contributed by atoms with van der Waals surface area (Å²) in [7, 11) is 1.26. The van der Waals surface area contributed by atoms with E-state index < -0.39 is 11.9 Å². The van der Waals surface area contributed by atoms with E-state index in [4.69, 9.17) is 0 Å². The van der Waals surface area contributed by atoms with Gasteiger partial charge in [0.1, 0.15) is 0 Å². The maximum atomic E-state index is 13.6. The predicted molar refractivity (Wildman–Crippen MR) is 61.8 cm³/mol. The van der Waals surface area contributed by atoms with Gasteiger partial charge in [-0.1, -0.05) is 19.9 Å². The van der Waals surface area contributed by atoms with Crippen molar-refractivity contribution in [3.8, 4) is 0 Å². The molecule has 0 fully saturated rings. The second kappa shape index (κ2) is 4.59. The zero-order chi connectivity index (χ0) is 13.3. The van der Waals surface area contributed by atoms with E-state index in [1.807, 2.05) is 13.8 Å². The number of esters is 1. The van der Waals surface area contributed by atoms with Crippen molar-refractivity contribution in [2.24, 2.45) is 5.41 Å². The van der Waals surface area contributed by atoms with E-state index in [2.05, 4.69) is 4.74 Å². The number of alkyl halides is 2. The van der Waals surface area contributed by atoms with E-state index in [1.165, 1.54) is 26.2 Å². The Morgan fingerprint density at radius 3 is 2.47 bits per heavy atom. The molecule has 0 radical (unpaired) electrons. The molecular formula is C13H18F2O2. The highest BCUT2D eigenvalue weighted by Crippen LogP contribution is 2.47. The summed E-state index contributed by atoms with van der Waals surface area (Å²) in [6.07, 6.45) is 2.91. The number of carbonyl (C=O) groups excluding carboxylic acids is 1. The first-order valence-corrected chi connectivity index (χ1v) is 5.56. The van der Waals surface area contributed by atoms with E-state index in [1.54, 1.807) is 0 Å². The van der Waals surface area contributed by atoms with Crippen molar-refractivity contribution < 1.29 is 18.3 Å². The average molecular weight is 244 g/mol. The van der Waals surface area contributed by atoms with Crippen LogP contribution in [-0.4, -0.2) is 19.0 Å². The van der Waals surface area contributed by atoms with Gasteiger partial charge in [0.05, 0.1) is 7.11 Å². The lowest BCUT2D eigenvalue weighted by atomic mass is 9.71. The van der Waals surface area contributed by atoms with E-state index in [9.17, 15) is 13.6 Å². The fourth-order valence-corrected chi connectivity index (χ4v) is 2.07. The molecule has 4 heteroatoms. The Balaban J connectivity index is 3.13. The van der Waals surface area contributed by atoms with Crippen molar-refractivity contribution in [1.29, 1.82) is 0 Å². The molecule has 0 aromatic carbocycles. The van der Waals surface area contributed by atoms with Crippen LogP contribution in [0, 0.1) is 5.41 Å². The van der Waals surface area contributed by atoms with Crippen molar-refractivity contribution in [2.45, 2.75) is 39.5 Å². The van der Waals surface area contributed by atoms with Crippen LogP contribution in [0.2, 0.25) is 0 Å². The number of hydrogen-bond acceptors (Lipinski definition) is 2. The lowest BCUT2D eigenvalue weighted by Crippen LogP contribution is -2.31. The van der Waals surface area contributed by atoms with E-state index in [-0.39, 0.29) is 17.4 Å². The molecule has 96 valence electrons. The first-order chi connectivity index (χ1) is 7.70. The molecular weight excluding hydrogens is 226 g/mol. The summed E-state index contributed by atoms with van der Waals surface area (Å²) in [5, 5.41) is 0. The van der Waals surface area contributed by atoms with Gasteiger partial charge in [-0.05, 0) is 29.9 Å². The Bertz CT molecular complexity index is 379. The van der Waals surface area contributed by atoms with E-state index >= 15 is 0 Å². The number of methoxy groups -OCH3 is 1. The molecule has 0 bridgehead atoms. The van der Waals surface area contributed by atoms with Crippen molar-refractivity contribution in [1.82, 2.24) is 0 Å². The number of ether oxygens (including phenoxy) is 1. The molecule has 0 saturated carbocycles. The lowest BCUT2D eigenvalue weighted by molar-refractivity contribution is -0.134. The maximum Gasteiger partial charge on any atom is 0.330 e. The summed E-state index contributed by atoms with van der Waals surface area (Å²) in [4.78, 5) is 11.0. The molecule has 0 N–H and O–H groups in total. The zero-order valence-corrected chi connectivity index (χ0v) is 10.6. The number of rotatable bonds is 2. The molecule has 0 aromatic rings. The monoisotopic (exact) mass is 244 g/mol. The molecule has 0 spiro atoms. The summed E-state index contributed by atoms with van der Waals surface area (Å²) in [5.74, 6) is -3.30. The minimum absolute atomic E-state index is 0.0499. The van der Waals surface area contributed by atoms with Crippen LogP contribution in [0.15, 0.2) is 23.3 Å². The smallest absolute Gasteiger partial charge is 0.330 e. The van der Waals surface area contributed by atoms with Gasteiger partial charge in [0.25, 0.3) is 5.92 Å². The van der Waals surface area contributed by atoms with Crippen molar-refractivity contribution in [3.63, 3.8) is 0 Å². The first-order valence-electron chi connectivity index (χ1n) is 5.56. The molecule has 17 heavy (non-hydrogen) atoms. The Morgan fingerprint density at radius 1 is 1.35 bits per heavy atom. The third-order valence-electron chi connectivity index (χ3n) is 3.33. The Kier molecular flexibility index (Phi) is 3.74. The molecule has 2 nitrogen and oxygen atoms in total. The van der Waals surface area contributed by atoms with Crippen LogP contribution in [0.3, 0.4) is 0 Å². The average Bonchev–Trinajstić information content (AvgIpc) is 2.24. The van der Waals surface area contributed by atoms with Gasteiger partial charge < -0.3 is 4.74 Å². The Hall–Kier alpha value is -1.19. The molecule has 1 aliphatic carbocycles. The normalized spacial score (nSPS) is 22.9. The number of hydrogen-bond donors (Lipinski definition) is 0. The molecule has 0 unspecified atom stereocenters. The maximum absolute atomic E-state index is 13.6. The van der Waals surface area contributed by atoms with Crippen LogP contribution < -0.4 is 0 Å². The van der Waals surface area contributed by atoms with Gasteiger partial charge >= 0.3 is 5.97 Å². The van der Waals surface area contributed by atoms with Crippen molar-refractivity contribution >= 4 is 5.97 Å². The number of carbonyl (C=O) groups is 1. The van der Waals surface area contributed by atoms with Crippen LogP contribution in [0.25, 0.3) is 0 Å². The highest BCUT2D eigenvalue weighted by molar-refractivity contribution is 5.82. The molecule has 1 aliphatic rings. The molecule has 0 saturated heterocycles. The van der Waals surface area contributed by atoms with Crippen molar-refractivity contribution in [2.75, 3.05) is 7.11 Å². The van der Waals surface area contributed by atoms with Crippen LogP contribution in [0.5, 0.6) is 0 Å². The van der Waals surface area contributed by atoms with Crippen LogP contribution in [0.1, 0.15) is 33.6 Å². The first kappa shape index (κ1) is 13.9. The van der Waals surface area contributed by atoms with Crippen LogP contribution >= 0.6 is 0 Å². The largest absolute Gasteiger partial charge is 0.466 e. The van der Waals surface area contributed by atoms with Crippen LogP contribution in [-0.2, 0) is 9.53 Å². The zero-order valence-electron chi connectivity index (χ0n) is 10.6. The minimum Gasteiger partial charge on any atom is -0.466 e. The van der Waals surface area contributed by atoms with E-state index in [0.29, 0.717) is 12.0 Å². The fraction of sp³-hybridized carbons (Fsp3) is 0.615. The quantitative estimate of drug-likeness (QED) is 0.549. The fourth-order valence-electron chi connectivity index (χ4n) is 2.07. The second-order valence-electron chi connectivity index (χ2n) is 4.98. The minimum atomic E-state index is -2.77. The number of allylic oxidation sites excluding steroid dienone is 3. The lowest BCUT2D eigenvalue weighted by Gasteiger charge is -2.37. The summed E-state index contributed by atoms with van der Waals surface area (Å²) in [6.45, 7) is 5.24. The van der Waals surface area contributed by atoms with Gasteiger partial charge in [0.15, 0.2) is 0 Å². The van der Waals surface area contributed by atoms with Gasteiger partial charge in [0, 0.05) is 12.5 Å². The van der Waals surface area contributed by atoms with Gasteiger partial charge in [-0.15, -0.1) is 0 Å². The Labute approximate surface area is 100 Å². The summed E-state index contributed by atoms with van der Waals surface area (Å²) in [6, 6.07) is 0. The van der Waals surface area contributed by atoms with Gasteiger partial charge in [0.2, 0.25) is 0 Å². The van der Waals surface area contributed by atoms with Gasteiger partial charge in [-0.3, -0.25) is 0 Å². The molecule has 0 aromatic heterocycles. The molecule has 0 amide bonds. The molecule has 0 heterocycles. The predicted octanol–water partition coefficient (Wildman–Crippen LogP) is 3.49. The summed E-state index contributed by atoms with van der Waals surface area (Å²) < 4.78 is 31.6. The third kappa shape index (κ3) is 2.93. The van der Waals surface area contributed by atoms with E-state index in [0.717, 1.165) is 0 Å². The SMILES string of the molecule is COC(=O)C=CC1=C(C)C(F)(F)CCC1(C)C. The van der Waals surface area contributed by atoms with Crippen LogP contribution in [0.4, 0.5) is 8.78 Å². The Morgan fingerprint density at radius 2 is 1.94 bits per heavy atom. The third-order valence-corrected chi connectivity index (χ3v) is 3.33. The second-order valence-corrected chi connectivity index (χ2v) is 4.98. The highest BCUT2D eigenvalue weighted by Gasteiger charge is 2.42. The highest BCUT2D eigenvalue weighted by atomic mass is 19.3. The van der Waals surface area contributed by atoms with Gasteiger partial charge in [-0.2, -0.15) is 0 Å².